The first-order valence-electron chi connectivity index (χ1n) is 10.8. The molecule has 0 aromatic heterocycles. The number of hydrogen-bond acceptors (Lipinski definition) is 5. The van der Waals surface area contributed by atoms with Crippen LogP contribution >= 0.6 is 0 Å². The van der Waals surface area contributed by atoms with E-state index < -0.39 is 18.6 Å². The molecule has 30 heavy (non-hydrogen) atoms. The van der Waals surface area contributed by atoms with E-state index in [0.717, 1.165) is 35.3 Å². The van der Waals surface area contributed by atoms with Crippen molar-refractivity contribution >= 4 is 23.6 Å². The molecule has 5 atom stereocenters. The Morgan fingerprint density at radius 1 is 1.07 bits per heavy atom. The molecule has 1 aromatic rings. The van der Waals surface area contributed by atoms with Crippen molar-refractivity contribution in [2.24, 2.45) is 29.6 Å². The molecule has 3 fully saturated rings. The van der Waals surface area contributed by atoms with Crippen LogP contribution in [0.3, 0.4) is 0 Å². The Morgan fingerprint density at radius 3 is 2.23 bits per heavy atom. The van der Waals surface area contributed by atoms with Gasteiger partial charge in [0.2, 0.25) is 17.6 Å². The molecule has 1 saturated heterocycles. The number of benzene rings is 1. The second kappa shape index (κ2) is 7.64. The molecular formula is C24H29NO5. The third-order valence-electron chi connectivity index (χ3n) is 7.15. The van der Waals surface area contributed by atoms with Crippen LogP contribution in [-0.2, 0) is 19.1 Å². The average Bonchev–Trinajstić information content (AvgIpc) is 3.37. The van der Waals surface area contributed by atoms with Gasteiger partial charge >= 0.3 is 5.97 Å². The number of carbonyl (C=O) groups is 4. The Morgan fingerprint density at radius 2 is 1.67 bits per heavy atom. The molecule has 2 bridgehead atoms. The maximum Gasteiger partial charge on any atom is 0.330 e. The van der Waals surface area contributed by atoms with E-state index in [1.54, 1.807) is 19.9 Å². The zero-order valence-electron chi connectivity index (χ0n) is 18.0. The van der Waals surface area contributed by atoms with Crippen LogP contribution in [0.1, 0.15) is 54.6 Å². The van der Waals surface area contributed by atoms with E-state index in [4.69, 9.17) is 4.74 Å². The highest BCUT2D eigenvalue weighted by atomic mass is 16.5. The van der Waals surface area contributed by atoms with E-state index in [1.165, 1.54) is 0 Å². The number of carbonyl (C=O) groups excluding carboxylic acids is 4. The van der Waals surface area contributed by atoms with Crippen LogP contribution in [0.15, 0.2) is 18.2 Å². The predicted molar refractivity (Wildman–Crippen MR) is 109 cm³/mol. The van der Waals surface area contributed by atoms with Crippen molar-refractivity contribution < 1.29 is 23.9 Å². The summed E-state index contributed by atoms with van der Waals surface area (Å²) >= 11 is 0. The maximum atomic E-state index is 13.1. The molecule has 4 rings (SSSR count). The van der Waals surface area contributed by atoms with Crippen molar-refractivity contribution in [3.8, 4) is 0 Å². The summed E-state index contributed by atoms with van der Waals surface area (Å²) in [5.74, 6) is -1.75. The average molecular weight is 411 g/mol. The first-order valence-corrected chi connectivity index (χ1v) is 10.8. The van der Waals surface area contributed by atoms with Gasteiger partial charge in [-0.15, -0.1) is 0 Å². The van der Waals surface area contributed by atoms with Crippen LogP contribution in [0.25, 0.3) is 0 Å². The van der Waals surface area contributed by atoms with Gasteiger partial charge in [0.05, 0.1) is 11.8 Å². The van der Waals surface area contributed by atoms with Gasteiger partial charge in [-0.3, -0.25) is 19.3 Å². The van der Waals surface area contributed by atoms with Crippen LogP contribution in [0.2, 0.25) is 0 Å². The minimum Gasteiger partial charge on any atom is -0.456 e. The fourth-order valence-electron chi connectivity index (χ4n) is 5.72. The standard InChI is InChI=1S/C24H29NO5/c1-12(2)21(24(29)30-11-18(26)17-9-13(3)5-6-14(17)4)25-22(27)19-15-7-8-16(10-15)20(19)23(25)28/h5-6,9,12,15-16,19-21H,7-8,10-11H2,1-4H3/t15-,16+,19-,20-,21-/m0/s1. The van der Waals surface area contributed by atoms with Crippen molar-refractivity contribution in [2.45, 2.75) is 53.0 Å². The van der Waals surface area contributed by atoms with Crippen LogP contribution < -0.4 is 0 Å². The Balaban J connectivity index is 1.49. The van der Waals surface area contributed by atoms with Crippen molar-refractivity contribution in [1.82, 2.24) is 4.90 Å². The zero-order chi connectivity index (χ0) is 21.7. The molecule has 3 aliphatic rings. The van der Waals surface area contributed by atoms with Gasteiger partial charge < -0.3 is 4.74 Å². The number of imide groups is 1. The number of ketones is 1. The van der Waals surface area contributed by atoms with E-state index in [9.17, 15) is 19.2 Å². The van der Waals surface area contributed by atoms with E-state index >= 15 is 0 Å². The number of hydrogen-bond donors (Lipinski definition) is 0. The van der Waals surface area contributed by atoms with Gasteiger partial charge in [-0.1, -0.05) is 31.5 Å². The summed E-state index contributed by atoms with van der Waals surface area (Å²) < 4.78 is 5.34. The largest absolute Gasteiger partial charge is 0.456 e. The smallest absolute Gasteiger partial charge is 0.330 e. The lowest BCUT2D eigenvalue weighted by Gasteiger charge is -2.28. The number of Topliss-reactive ketones (excluding diaryl/α,β-unsaturated/α-hetero) is 1. The summed E-state index contributed by atoms with van der Waals surface area (Å²) in [5.41, 5.74) is 2.28. The summed E-state index contributed by atoms with van der Waals surface area (Å²) in [4.78, 5) is 52.9. The molecule has 2 saturated carbocycles. The van der Waals surface area contributed by atoms with Crippen LogP contribution in [-0.4, -0.2) is 41.1 Å². The molecule has 0 radical (unpaired) electrons. The Kier molecular flexibility index (Phi) is 5.28. The molecular weight excluding hydrogens is 382 g/mol. The van der Waals surface area contributed by atoms with Crippen LogP contribution in [0, 0.1) is 43.4 Å². The number of aryl methyl sites for hydroxylation is 2. The highest BCUT2D eigenvalue weighted by Gasteiger charge is 2.62. The summed E-state index contributed by atoms with van der Waals surface area (Å²) in [5, 5.41) is 0. The van der Waals surface area contributed by atoms with Gasteiger partial charge in [-0.05, 0) is 62.5 Å². The Labute approximate surface area is 177 Å². The van der Waals surface area contributed by atoms with Gasteiger partial charge in [0.15, 0.2) is 6.61 Å². The van der Waals surface area contributed by atoms with Crippen molar-refractivity contribution in [1.29, 1.82) is 0 Å². The van der Waals surface area contributed by atoms with E-state index in [0.29, 0.717) is 5.56 Å². The Hall–Kier alpha value is -2.50. The van der Waals surface area contributed by atoms with Gasteiger partial charge in [0.1, 0.15) is 6.04 Å². The maximum absolute atomic E-state index is 13.1. The molecule has 160 valence electrons. The fourth-order valence-corrected chi connectivity index (χ4v) is 5.72. The molecule has 6 heteroatoms. The molecule has 0 unspecified atom stereocenters. The van der Waals surface area contributed by atoms with Gasteiger partial charge in [0.25, 0.3) is 0 Å². The molecule has 0 spiro atoms. The third kappa shape index (κ3) is 3.26. The molecule has 2 aliphatic carbocycles. The summed E-state index contributed by atoms with van der Waals surface area (Å²) in [7, 11) is 0. The fraction of sp³-hybridized carbons (Fsp3) is 0.583. The lowest BCUT2D eigenvalue weighted by Crippen LogP contribution is -2.50. The highest BCUT2D eigenvalue weighted by molar-refractivity contribution is 6.09. The van der Waals surface area contributed by atoms with Crippen LogP contribution in [0.4, 0.5) is 0 Å². The van der Waals surface area contributed by atoms with Gasteiger partial charge in [-0.25, -0.2) is 4.79 Å². The van der Waals surface area contributed by atoms with Gasteiger partial charge in [-0.2, -0.15) is 0 Å². The molecule has 6 nitrogen and oxygen atoms in total. The highest BCUT2D eigenvalue weighted by Crippen LogP contribution is 2.56. The minimum atomic E-state index is -0.985. The van der Waals surface area contributed by atoms with Crippen molar-refractivity contribution in [3.63, 3.8) is 0 Å². The predicted octanol–water partition coefficient (Wildman–Crippen LogP) is 3.09. The summed E-state index contributed by atoms with van der Waals surface area (Å²) in [6.07, 6.45) is 2.92. The number of rotatable bonds is 6. The van der Waals surface area contributed by atoms with Crippen LogP contribution in [0.5, 0.6) is 0 Å². The number of likely N-dealkylation sites (tertiary alicyclic amines) is 1. The van der Waals surface area contributed by atoms with Crippen molar-refractivity contribution in [3.05, 3.63) is 34.9 Å². The van der Waals surface area contributed by atoms with Crippen molar-refractivity contribution in [2.75, 3.05) is 6.61 Å². The molecule has 1 aromatic carbocycles. The molecule has 2 amide bonds. The first-order chi connectivity index (χ1) is 14.2. The second-order valence-corrected chi connectivity index (χ2v) is 9.47. The van der Waals surface area contributed by atoms with Gasteiger partial charge in [0, 0.05) is 5.56 Å². The zero-order valence-corrected chi connectivity index (χ0v) is 18.0. The lowest BCUT2D eigenvalue weighted by molar-refractivity contribution is -0.160. The topological polar surface area (TPSA) is 80.8 Å². The first kappa shape index (κ1) is 20.8. The number of amides is 2. The molecule has 1 heterocycles. The SMILES string of the molecule is Cc1ccc(C)c(C(=O)COC(=O)[C@H](C(C)C)N2C(=O)[C@H]3[C@@H]4CC[C@@H](C4)[C@@H]3C2=O)c1. The lowest BCUT2D eigenvalue weighted by atomic mass is 9.81. The molecule has 0 N–H and O–H groups in total. The monoisotopic (exact) mass is 411 g/mol. The number of fused-ring (bicyclic) bond motifs is 5. The molecule has 1 aliphatic heterocycles. The number of nitrogens with zero attached hydrogens (tertiary/aromatic N) is 1. The third-order valence-corrected chi connectivity index (χ3v) is 7.15. The normalized spacial score (nSPS) is 28.2. The Bertz CT molecular complexity index is 892. The second-order valence-electron chi connectivity index (χ2n) is 9.47. The number of ether oxygens (including phenoxy) is 1. The van der Waals surface area contributed by atoms with E-state index in [-0.39, 0.29) is 47.2 Å². The minimum absolute atomic E-state index is 0.228. The quantitative estimate of drug-likeness (QED) is 0.408. The summed E-state index contributed by atoms with van der Waals surface area (Å²) in [6, 6.07) is 4.56. The number of esters is 1. The van der Waals surface area contributed by atoms with E-state index in [2.05, 4.69) is 0 Å². The summed E-state index contributed by atoms with van der Waals surface area (Å²) in [6.45, 7) is 6.91. The van der Waals surface area contributed by atoms with E-state index in [1.807, 2.05) is 26.0 Å².